The summed E-state index contributed by atoms with van der Waals surface area (Å²) >= 11 is 16.8. The molecule has 24 heavy (non-hydrogen) atoms. The van der Waals surface area contributed by atoms with E-state index in [2.05, 4.69) is 5.48 Å². The largest absolute Gasteiger partial charge is 0.386 e. The maximum absolute atomic E-state index is 12.1. The van der Waals surface area contributed by atoms with Gasteiger partial charge in [0.05, 0.1) is 13.2 Å². The molecule has 1 aromatic rings. The van der Waals surface area contributed by atoms with Crippen LogP contribution in [0.2, 0.25) is 0 Å². The van der Waals surface area contributed by atoms with E-state index in [1.807, 2.05) is 30.3 Å². The number of nitrogens with one attached hydrogen (secondary N) is 1. The van der Waals surface area contributed by atoms with Gasteiger partial charge >= 0.3 is 0 Å². The van der Waals surface area contributed by atoms with Gasteiger partial charge in [0.2, 0.25) is 3.79 Å². The lowest BCUT2D eigenvalue weighted by Crippen LogP contribution is -2.47. The van der Waals surface area contributed by atoms with Crippen molar-refractivity contribution in [3.05, 3.63) is 48.0 Å². The summed E-state index contributed by atoms with van der Waals surface area (Å²) in [5, 5.41) is 9.84. The van der Waals surface area contributed by atoms with Gasteiger partial charge in [-0.1, -0.05) is 71.2 Å². The second kappa shape index (κ2) is 9.01. The van der Waals surface area contributed by atoms with Gasteiger partial charge < -0.3 is 14.6 Å². The summed E-state index contributed by atoms with van der Waals surface area (Å²) in [4.78, 5) is 17.2. The molecule has 1 aromatic carbocycles. The molecular weight excluding hydrogens is 381 g/mol. The maximum Gasteiger partial charge on any atom is 0.275 e. The number of aliphatic hydroxyl groups excluding tert-OH is 1. The Morgan fingerprint density at radius 1 is 1.25 bits per heavy atom. The van der Waals surface area contributed by atoms with Crippen molar-refractivity contribution in [1.29, 1.82) is 0 Å². The van der Waals surface area contributed by atoms with E-state index < -0.39 is 28.2 Å². The highest BCUT2D eigenvalue weighted by Gasteiger charge is 2.33. The van der Waals surface area contributed by atoms with E-state index in [0.717, 1.165) is 5.56 Å². The molecule has 1 aliphatic heterocycles. The Kier molecular flexibility index (Phi) is 7.31. The third kappa shape index (κ3) is 6.57. The summed E-state index contributed by atoms with van der Waals surface area (Å²) in [5.41, 5.74) is 3.11. The van der Waals surface area contributed by atoms with Crippen LogP contribution in [0.25, 0.3) is 0 Å². The lowest BCUT2D eigenvalue weighted by molar-refractivity contribution is -0.188. The third-order valence-corrected chi connectivity index (χ3v) is 3.31. The number of ether oxygens (including phenoxy) is 2. The molecule has 0 aliphatic carbocycles. The molecule has 0 aromatic heterocycles. The first kappa shape index (κ1) is 19.5. The van der Waals surface area contributed by atoms with E-state index >= 15 is 0 Å². The number of benzene rings is 1. The van der Waals surface area contributed by atoms with Gasteiger partial charge in [0.25, 0.3) is 5.91 Å². The fraction of sp³-hybridized carbons (Fsp3) is 0.400. The fourth-order valence-electron chi connectivity index (χ4n) is 1.89. The molecule has 0 bridgehead atoms. The Labute approximate surface area is 154 Å². The van der Waals surface area contributed by atoms with Gasteiger partial charge in [0.1, 0.15) is 6.10 Å². The summed E-state index contributed by atoms with van der Waals surface area (Å²) < 4.78 is 8.94. The Bertz CT molecular complexity index is 564. The SMILES string of the molecule is O=C(NOCc1ccccc1)[C@H]1O[C@H](OCC(Cl)(Cl)Cl)C=C[C@@H]1O. The predicted octanol–water partition coefficient (Wildman–Crippen LogP) is 2.26. The summed E-state index contributed by atoms with van der Waals surface area (Å²) in [7, 11) is 0. The van der Waals surface area contributed by atoms with Gasteiger partial charge in [-0.3, -0.25) is 9.63 Å². The van der Waals surface area contributed by atoms with Crippen LogP contribution in [0.15, 0.2) is 42.5 Å². The van der Waals surface area contributed by atoms with Gasteiger partial charge in [-0.15, -0.1) is 0 Å². The molecule has 0 unspecified atom stereocenters. The van der Waals surface area contributed by atoms with Crippen molar-refractivity contribution >= 4 is 40.7 Å². The number of amides is 1. The highest BCUT2D eigenvalue weighted by molar-refractivity contribution is 6.67. The lowest BCUT2D eigenvalue weighted by atomic mass is 10.1. The number of hydroxylamine groups is 1. The predicted molar refractivity (Wildman–Crippen MR) is 89.4 cm³/mol. The van der Waals surface area contributed by atoms with Crippen LogP contribution >= 0.6 is 34.8 Å². The van der Waals surface area contributed by atoms with E-state index in [1.165, 1.54) is 12.2 Å². The van der Waals surface area contributed by atoms with Crippen molar-refractivity contribution in [2.45, 2.75) is 28.9 Å². The number of hydrogen-bond donors (Lipinski definition) is 2. The summed E-state index contributed by atoms with van der Waals surface area (Å²) in [6.45, 7) is -0.0555. The molecular formula is C15H16Cl3NO5. The quantitative estimate of drug-likeness (QED) is 0.438. The fourth-order valence-corrected chi connectivity index (χ4v) is 2.08. The smallest absolute Gasteiger partial charge is 0.275 e. The van der Waals surface area contributed by atoms with Crippen molar-refractivity contribution in [2.24, 2.45) is 0 Å². The van der Waals surface area contributed by atoms with Crippen LogP contribution in [-0.2, 0) is 25.7 Å². The van der Waals surface area contributed by atoms with Crippen LogP contribution in [0.1, 0.15) is 5.56 Å². The number of halogens is 3. The molecule has 132 valence electrons. The van der Waals surface area contributed by atoms with Crippen LogP contribution in [0.3, 0.4) is 0 Å². The second-order valence-electron chi connectivity index (χ2n) is 4.97. The number of alkyl halides is 3. The summed E-state index contributed by atoms with van der Waals surface area (Å²) in [6.07, 6.45) is -0.470. The van der Waals surface area contributed by atoms with Crippen LogP contribution in [0.4, 0.5) is 0 Å². The first-order valence-corrected chi connectivity index (χ1v) is 8.14. The zero-order valence-electron chi connectivity index (χ0n) is 12.4. The number of carbonyl (C=O) groups excluding carboxylic acids is 1. The molecule has 0 saturated carbocycles. The number of hydrogen-bond acceptors (Lipinski definition) is 5. The van der Waals surface area contributed by atoms with Crippen molar-refractivity contribution in [3.8, 4) is 0 Å². The van der Waals surface area contributed by atoms with E-state index in [9.17, 15) is 9.90 Å². The first-order chi connectivity index (χ1) is 11.3. The molecule has 2 N–H and O–H groups in total. The molecule has 0 saturated heterocycles. The zero-order valence-corrected chi connectivity index (χ0v) is 14.7. The molecule has 1 amide bonds. The van der Waals surface area contributed by atoms with Crippen molar-refractivity contribution in [2.75, 3.05) is 6.61 Å². The molecule has 2 rings (SSSR count). The van der Waals surface area contributed by atoms with Gasteiger partial charge in [-0.05, 0) is 11.6 Å². The van der Waals surface area contributed by atoms with E-state index in [4.69, 9.17) is 49.1 Å². The number of carbonyl (C=O) groups is 1. The monoisotopic (exact) mass is 395 g/mol. The van der Waals surface area contributed by atoms with E-state index in [-0.39, 0.29) is 13.2 Å². The summed E-state index contributed by atoms with van der Waals surface area (Å²) in [5.74, 6) is -0.648. The van der Waals surface area contributed by atoms with Gasteiger partial charge in [-0.2, -0.15) is 0 Å². The average Bonchev–Trinajstić information content (AvgIpc) is 2.54. The second-order valence-corrected chi connectivity index (χ2v) is 7.48. The molecule has 9 heteroatoms. The Balaban J connectivity index is 1.81. The number of rotatable bonds is 6. The van der Waals surface area contributed by atoms with Crippen LogP contribution < -0.4 is 5.48 Å². The summed E-state index contributed by atoms with van der Waals surface area (Å²) in [6, 6.07) is 9.28. The first-order valence-electron chi connectivity index (χ1n) is 7.01. The average molecular weight is 397 g/mol. The molecule has 0 radical (unpaired) electrons. The zero-order chi connectivity index (χ0) is 17.6. The molecule has 3 atom stereocenters. The van der Waals surface area contributed by atoms with Crippen LogP contribution in [0.5, 0.6) is 0 Å². The Hall–Kier alpha value is -0.860. The minimum atomic E-state index is -1.61. The van der Waals surface area contributed by atoms with Crippen LogP contribution in [0, 0.1) is 0 Å². The highest BCUT2D eigenvalue weighted by atomic mass is 35.6. The van der Waals surface area contributed by atoms with E-state index in [0.29, 0.717) is 0 Å². The highest BCUT2D eigenvalue weighted by Crippen LogP contribution is 2.27. The van der Waals surface area contributed by atoms with Gasteiger partial charge in [0.15, 0.2) is 12.4 Å². The van der Waals surface area contributed by atoms with Crippen molar-refractivity contribution in [3.63, 3.8) is 0 Å². The number of aliphatic hydroxyl groups is 1. The lowest BCUT2D eigenvalue weighted by Gasteiger charge is -2.29. The molecule has 0 fully saturated rings. The van der Waals surface area contributed by atoms with Crippen molar-refractivity contribution in [1.82, 2.24) is 5.48 Å². The standard InChI is InChI=1S/C15H16Cl3NO5/c16-15(17,18)9-22-12-7-6-11(20)13(24-12)14(21)19-23-8-10-4-2-1-3-5-10/h1-7,11-13,20H,8-9H2,(H,19,21)/t11-,12-,13-/m0/s1. The normalized spacial score (nSPS) is 23.9. The van der Waals surface area contributed by atoms with Crippen molar-refractivity contribution < 1.29 is 24.2 Å². The van der Waals surface area contributed by atoms with Gasteiger partial charge in [0, 0.05) is 0 Å². The minimum Gasteiger partial charge on any atom is -0.386 e. The molecule has 0 spiro atoms. The maximum atomic E-state index is 12.1. The molecule has 1 heterocycles. The molecule has 1 aliphatic rings. The Morgan fingerprint density at radius 3 is 2.62 bits per heavy atom. The molecule has 6 nitrogen and oxygen atoms in total. The Morgan fingerprint density at radius 2 is 1.96 bits per heavy atom. The van der Waals surface area contributed by atoms with Gasteiger partial charge in [-0.25, -0.2) is 5.48 Å². The minimum absolute atomic E-state index is 0.179. The third-order valence-electron chi connectivity index (χ3n) is 2.98. The van der Waals surface area contributed by atoms with E-state index in [1.54, 1.807) is 0 Å². The topological polar surface area (TPSA) is 77.0 Å². The van der Waals surface area contributed by atoms with Crippen LogP contribution in [-0.4, -0.2) is 39.9 Å².